The third-order valence-corrected chi connectivity index (χ3v) is 7.78. The van der Waals surface area contributed by atoms with Crippen molar-refractivity contribution in [3.63, 3.8) is 0 Å². The van der Waals surface area contributed by atoms with E-state index in [-0.39, 0.29) is 29.5 Å². The van der Waals surface area contributed by atoms with Gasteiger partial charge in [-0.3, -0.25) is 9.69 Å². The molecule has 0 saturated carbocycles. The van der Waals surface area contributed by atoms with Gasteiger partial charge in [0.25, 0.3) is 0 Å². The molecule has 2 aromatic carbocycles. The van der Waals surface area contributed by atoms with Crippen LogP contribution in [0.3, 0.4) is 0 Å². The number of carbonyl (C=O) groups excluding carboxylic acids is 1. The van der Waals surface area contributed by atoms with E-state index in [9.17, 15) is 13.2 Å². The maximum absolute atomic E-state index is 13.1. The van der Waals surface area contributed by atoms with E-state index in [2.05, 4.69) is 4.98 Å². The monoisotopic (exact) mass is 490 g/mol. The van der Waals surface area contributed by atoms with E-state index in [1.165, 1.54) is 41.7 Å². The van der Waals surface area contributed by atoms with Gasteiger partial charge in [0, 0.05) is 11.4 Å². The normalized spacial score (nSPS) is 11.6. The van der Waals surface area contributed by atoms with Crippen LogP contribution in [-0.2, 0) is 21.2 Å². The highest BCUT2D eigenvalue weighted by Gasteiger charge is 2.24. The van der Waals surface area contributed by atoms with Gasteiger partial charge < -0.3 is 9.15 Å². The fourth-order valence-electron chi connectivity index (χ4n) is 3.08. The first kappa shape index (κ1) is 22.3. The molecule has 166 valence electrons. The minimum Gasteiger partial charge on any atom is -0.497 e. The van der Waals surface area contributed by atoms with Crippen molar-refractivity contribution in [2.24, 2.45) is 0 Å². The quantitative estimate of drug-likeness (QED) is 0.347. The molecule has 0 atom stereocenters. The van der Waals surface area contributed by atoms with Crippen LogP contribution in [0.15, 0.2) is 70.2 Å². The number of thiazole rings is 1. The Labute approximate surface area is 194 Å². The SMILES string of the molecule is COc1ccc(S(=O)(=O)CCC(=O)N(Cc2ccco2)c2nc3ccc(Cl)cc3s2)cc1. The molecule has 0 spiro atoms. The highest BCUT2D eigenvalue weighted by Crippen LogP contribution is 2.32. The first-order valence-corrected chi connectivity index (χ1v) is 12.5. The van der Waals surface area contributed by atoms with E-state index in [1.54, 1.807) is 42.5 Å². The van der Waals surface area contributed by atoms with Crippen LogP contribution in [0.4, 0.5) is 5.13 Å². The zero-order chi connectivity index (χ0) is 22.7. The van der Waals surface area contributed by atoms with Crippen LogP contribution in [0.2, 0.25) is 5.02 Å². The fraction of sp³-hybridized carbons (Fsp3) is 0.182. The summed E-state index contributed by atoms with van der Waals surface area (Å²) in [4.78, 5) is 19.3. The second-order valence-electron chi connectivity index (χ2n) is 6.91. The Morgan fingerprint density at radius 1 is 1.19 bits per heavy atom. The van der Waals surface area contributed by atoms with Crippen molar-refractivity contribution < 1.29 is 22.4 Å². The lowest BCUT2D eigenvalue weighted by atomic mass is 10.3. The summed E-state index contributed by atoms with van der Waals surface area (Å²) in [5, 5.41) is 1.02. The maximum atomic E-state index is 13.1. The molecule has 0 fully saturated rings. The van der Waals surface area contributed by atoms with Crippen molar-refractivity contribution in [1.29, 1.82) is 0 Å². The van der Waals surface area contributed by atoms with E-state index in [0.29, 0.717) is 27.2 Å². The standard InChI is InChI=1S/C22H19ClN2O5S2/c1-29-16-5-7-18(8-6-16)32(27,28)12-10-21(26)25(14-17-3-2-11-30-17)22-24-19-9-4-15(23)13-20(19)31-22/h2-9,11,13H,10,12,14H2,1H3. The summed E-state index contributed by atoms with van der Waals surface area (Å²) in [5.41, 5.74) is 0.706. The number of rotatable bonds is 8. The number of benzene rings is 2. The van der Waals surface area contributed by atoms with Crippen LogP contribution < -0.4 is 9.64 Å². The van der Waals surface area contributed by atoms with Crippen LogP contribution >= 0.6 is 22.9 Å². The van der Waals surface area contributed by atoms with Crippen LogP contribution in [0.5, 0.6) is 5.75 Å². The smallest absolute Gasteiger partial charge is 0.230 e. The molecule has 0 aliphatic heterocycles. The van der Waals surface area contributed by atoms with Crippen molar-refractivity contribution in [3.05, 3.63) is 71.6 Å². The highest BCUT2D eigenvalue weighted by molar-refractivity contribution is 7.91. The molecule has 0 saturated heterocycles. The van der Waals surface area contributed by atoms with Gasteiger partial charge in [0.05, 0.1) is 40.8 Å². The molecule has 0 unspecified atom stereocenters. The van der Waals surface area contributed by atoms with Crippen molar-refractivity contribution >= 4 is 54.0 Å². The van der Waals surface area contributed by atoms with Gasteiger partial charge in [-0.15, -0.1) is 0 Å². The number of hydrogen-bond donors (Lipinski definition) is 0. The Bertz CT molecular complexity index is 1330. The van der Waals surface area contributed by atoms with E-state index in [1.807, 2.05) is 0 Å². The van der Waals surface area contributed by atoms with E-state index in [4.69, 9.17) is 20.8 Å². The average Bonchev–Trinajstić information content (AvgIpc) is 3.45. The first-order valence-electron chi connectivity index (χ1n) is 9.61. The van der Waals surface area contributed by atoms with E-state index >= 15 is 0 Å². The molecular formula is C22H19ClN2O5S2. The molecule has 1 amide bonds. The van der Waals surface area contributed by atoms with E-state index < -0.39 is 9.84 Å². The second kappa shape index (κ2) is 9.32. The molecule has 0 aliphatic carbocycles. The lowest BCUT2D eigenvalue weighted by Crippen LogP contribution is -2.31. The van der Waals surface area contributed by atoms with Crippen molar-refractivity contribution in [2.75, 3.05) is 17.8 Å². The third-order valence-electron chi connectivity index (χ3n) is 4.77. The fourth-order valence-corrected chi connectivity index (χ4v) is 5.57. The molecule has 32 heavy (non-hydrogen) atoms. The number of hydrogen-bond acceptors (Lipinski definition) is 7. The number of fused-ring (bicyclic) bond motifs is 1. The largest absolute Gasteiger partial charge is 0.497 e. The Hall–Kier alpha value is -2.88. The number of furan rings is 1. The Morgan fingerprint density at radius 2 is 1.97 bits per heavy atom. The molecule has 4 rings (SSSR count). The summed E-state index contributed by atoms with van der Waals surface area (Å²) >= 11 is 7.38. The second-order valence-corrected chi connectivity index (χ2v) is 10.5. The van der Waals surface area contributed by atoms with Crippen molar-refractivity contribution in [1.82, 2.24) is 4.98 Å². The van der Waals surface area contributed by atoms with Gasteiger partial charge >= 0.3 is 0 Å². The Morgan fingerprint density at radius 3 is 2.66 bits per heavy atom. The van der Waals surface area contributed by atoms with Crippen molar-refractivity contribution in [3.8, 4) is 5.75 Å². The van der Waals surface area contributed by atoms with Gasteiger partial charge in [-0.05, 0) is 54.6 Å². The molecule has 0 bridgehead atoms. The molecule has 7 nitrogen and oxygen atoms in total. The van der Waals surface area contributed by atoms with Crippen LogP contribution in [0, 0.1) is 0 Å². The topological polar surface area (TPSA) is 89.7 Å². The number of anilines is 1. The minimum atomic E-state index is -3.65. The predicted octanol–water partition coefficient (Wildman–Crippen LogP) is 4.95. The van der Waals surface area contributed by atoms with Gasteiger partial charge in [-0.1, -0.05) is 22.9 Å². The number of halogens is 1. The number of carbonyl (C=O) groups is 1. The summed E-state index contributed by atoms with van der Waals surface area (Å²) in [6.45, 7) is 0.141. The number of methoxy groups -OCH3 is 1. The number of sulfone groups is 1. The van der Waals surface area contributed by atoms with Crippen LogP contribution in [0.1, 0.15) is 12.2 Å². The van der Waals surface area contributed by atoms with Gasteiger partial charge in [-0.25, -0.2) is 13.4 Å². The number of nitrogens with zero attached hydrogens (tertiary/aromatic N) is 2. The summed E-state index contributed by atoms with van der Waals surface area (Å²) in [6, 6.07) is 14.8. The molecule has 0 aliphatic rings. The maximum Gasteiger partial charge on any atom is 0.230 e. The van der Waals surface area contributed by atoms with Crippen molar-refractivity contribution in [2.45, 2.75) is 17.9 Å². The minimum absolute atomic E-state index is 0.137. The van der Waals surface area contributed by atoms with Crippen LogP contribution in [-0.4, -0.2) is 32.2 Å². The number of aromatic nitrogens is 1. The summed E-state index contributed by atoms with van der Waals surface area (Å²) < 4.78 is 36.8. The molecule has 10 heteroatoms. The summed E-state index contributed by atoms with van der Waals surface area (Å²) in [7, 11) is -2.14. The molecule has 2 heterocycles. The molecule has 0 radical (unpaired) electrons. The van der Waals surface area contributed by atoms with Gasteiger partial charge in [0.15, 0.2) is 15.0 Å². The molecule has 2 aromatic heterocycles. The number of amides is 1. The average molecular weight is 491 g/mol. The molecule has 4 aromatic rings. The third kappa shape index (κ3) is 4.95. The zero-order valence-electron chi connectivity index (χ0n) is 17.0. The highest BCUT2D eigenvalue weighted by atomic mass is 35.5. The molecular weight excluding hydrogens is 472 g/mol. The lowest BCUT2D eigenvalue weighted by Gasteiger charge is -2.18. The van der Waals surface area contributed by atoms with Gasteiger partial charge in [0.2, 0.25) is 5.91 Å². The predicted molar refractivity (Wildman–Crippen MR) is 124 cm³/mol. The zero-order valence-corrected chi connectivity index (χ0v) is 19.4. The summed E-state index contributed by atoms with van der Waals surface area (Å²) in [6.07, 6.45) is 1.32. The Balaban J connectivity index is 1.56. The van der Waals surface area contributed by atoms with E-state index in [0.717, 1.165) is 4.70 Å². The van der Waals surface area contributed by atoms with Gasteiger partial charge in [-0.2, -0.15) is 0 Å². The summed E-state index contributed by atoms with van der Waals surface area (Å²) in [5.74, 6) is 0.418. The van der Waals surface area contributed by atoms with Gasteiger partial charge in [0.1, 0.15) is 11.5 Å². The number of ether oxygens (including phenoxy) is 1. The first-order chi connectivity index (χ1) is 15.4. The Kier molecular flexibility index (Phi) is 6.50. The van der Waals surface area contributed by atoms with Crippen LogP contribution in [0.25, 0.3) is 10.2 Å². The lowest BCUT2D eigenvalue weighted by molar-refractivity contribution is -0.118. The molecule has 0 N–H and O–H groups in total.